The third-order valence-electron chi connectivity index (χ3n) is 2.24. The SMILES string of the molecule is CC1=[C-]C(C)C(C)=C1C.[H-].[H-].[Ti]. The van der Waals surface area contributed by atoms with Crippen molar-refractivity contribution in [2.24, 2.45) is 5.92 Å². The van der Waals surface area contributed by atoms with Gasteiger partial charge in [0.15, 0.2) is 0 Å². The van der Waals surface area contributed by atoms with E-state index in [9.17, 15) is 0 Å². The van der Waals surface area contributed by atoms with Crippen LogP contribution in [0, 0.1) is 12.0 Å². The van der Waals surface area contributed by atoms with E-state index in [0.29, 0.717) is 5.92 Å². The summed E-state index contributed by atoms with van der Waals surface area (Å²) in [5.74, 6) is 0.560. The fourth-order valence-corrected chi connectivity index (χ4v) is 1.16. The quantitative estimate of drug-likeness (QED) is 0.388. The standard InChI is InChI=1S/C9H13.Ti.2H/c1-6-5-7(2)9(4)8(6)3;;;/h6H,1-4H3;;;/q-1;;2*-1. The molecule has 0 spiro atoms. The van der Waals surface area contributed by atoms with Crippen LogP contribution in [0.5, 0.6) is 0 Å². The van der Waals surface area contributed by atoms with Gasteiger partial charge in [0, 0.05) is 21.7 Å². The third-order valence-corrected chi connectivity index (χ3v) is 2.24. The summed E-state index contributed by atoms with van der Waals surface area (Å²) in [5, 5.41) is 0. The van der Waals surface area contributed by atoms with E-state index < -0.39 is 0 Å². The predicted octanol–water partition coefficient (Wildman–Crippen LogP) is 2.94. The van der Waals surface area contributed by atoms with E-state index in [2.05, 4.69) is 33.8 Å². The first kappa shape index (κ1) is 10.2. The molecule has 1 aliphatic rings. The molecule has 0 nitrogen and oxygen atoms in total. The van der Waals surface area contributed by atoms with Crippen molar-refractivity contribution in [1.29, 1.82) is 0 Å². The molecule has 0 N–H and O–H groups in total. The van der Waals surface area contributed by atoms with Gasteiger partial charge >= 0.3 is 0 Å². The Morgan fingerprint density at radius 1 is 1.30 bits per heavy atom. The van der Waals surface area contributed by atoms with Crippen LogP contribution >= 0.6 is 0 Å². The van der Waals surface area contributed by atoms with Crippen LogP contribution in [-0.2, 0) is 21.7 Å². The topological polar surface area (TPSA) is 0 Å². The van der Waals surface area contributed by atoms with E-state index in [1.807, 2.05) is 0 Å². The first-order valence-corrected chi connectivity index (χ1v) is 3.40. The van der Waals surface area contributed by atoms with Crippen molar-refractivity contribution in [3.63, 3.8) is 0 Å². The molecule has 0 aliphatic heterocycles. The van der Waals surface area contributed by atoms with Gasteiger partial charge in [-0.1, -0.05) is 26.7 Å². The average molecular weight is 171 g/mol. The number of allylic oxidation sites excluding steroid dienone is 4. The van der Waals surface area contributed by atoms with Gasteiger partial charge in [0.2, 0.25) is 0 Å². The summed E-state index contributed by atoms with van der Waals surface area (Å²) in [6, 6.07) is 0. The van der Waals surface area contributed by atoms with Crippen molar-refractivity contribution in [2.45, 2.75) is 27.7 Å². The van der Waals surface area contributed by atoms with Crippen molar-refractivity contribution in [3.8, 4) is 0 Å². The van der Waals surface area contributed by atoms with Crippen LogP contribution < -0.4 is 0 Å². The average Bonchev–Trinajstić information content (AvgIpc) is 1.98. The van der Waals surface area contributed by atoms with Crippen molar-refractivity contribution < 1.29 is 24.6 Å². The summed E-state index contributed by atoms with van der Waals surface area (Å²) in [5.41, 5.74) is 4.25. The zero-order chi connectivity index (χ0) is 7.02. The second-order valence-electron chi connectivity index (χ2n) is 2.80. The van der Waals surface area contributed by atoms with Gasteiger partial charge in [-0.3, -0.25) is 6.08 Å². The molecule has 0 saturated carbocycles. The molecule has 0 fully saturated rings. The normalized spacial score (nSPS) is 24.4. The number of hydrogen-bond donors (Lipinski definition) is 0. The van der Waals surface area contributed by atoms with Crippen LogP contribution in [0.25, 0.3) is 0 Å². The van der Waals surface area contributed by atoms with Crippen molar-refractivity contribution in [3.05, 3.63) is 22.8 Å². The van der Waals surface area contributed by atoms with Gasteiger partial charge in [-0.05, 0) is 0 Å². The molecule has 1 atom stereocenters. The first-order chi connectivity index (χ1) is 4.13. The zero-order valence-electron chi connectivity index (χ0n) is 9.08. The minimum Gasteiger partial charge on any atom is -1.00 e. The minimum absolute atomic E-state index is 0. The molecule has 0 heterocycles. The van der Waals surface area contributed by atoms with Crippen LogP contribution in [0.3, 0.4) is 0 Å². The molecule has 0 bridgehead atoms. The largest absolute Gasteiger partial charge is 1.00 e. The summed E-state index contributed by atoms with van der Waals surface area (Å²) < 4.78 is 0. The molecule has 0 aromatic carbocycles. The van der Waals surface area contributed by atoms with Crippen LogP contribution in [0.15, 0.2) is 16.7 Å². The fraction of sp³-hybridized carbons (Fsp3) is 0.556. The van der Waals surface area contributed by atoms with E-state index >= 15 is 0 Å². The van der Waals surface area contributed by atoms with Gasteiger partial charge in [0.05, 0.1) is 0 Å². The van der Waals surface area contributed by atoms with E-state index in [1.165, 1.54) is 16.7 Å². The number of rotatable bonds is 0. The Kier molecular flexibility index (Phi) is 3.62. The van der Waals surface area contributed by atoms with Crippen LogP contribution in [0.2, 0.25) is 0 Å². The third kappa shape index (κ3) is 1.62. The fourth-order valence-electron chi connectivity index (χ4n) is 1.16. The molecule has 0 amide bonds. The van der Waals surface area contributed by atoms with Crippen LogP contribution in [0.4, 0.5) is 0 Å². The Balaban J connectivity index is -0.000000270. The van der Waals surface area contributed by atoms with Crippen molar-refractivity contribution >= 4 is 0 Å². The zero-order valence-corrected chi connectivity index (χ0v) is 8.64. The van der Waals surface area contributed by atoms with Gasteiger partial charge in [-0.15, -0.1) is 6.92 Å². The molecular weight excluding hydrogens is 156 g/mol. The Morgan fingerprint density at radius 3 is 1.90 bits per heavy atom. The first-order valence-electron chi connectivity index (χ1n) is 3.40. The molecule has 1 rings (SSSR count). The Morgan fingerprint density at radius 2 is 1.80 bits per heavy atom. The van der Waals surface area contributed by atoms with Gasteiger partial charge in [-0.25, -0.2) is 5.57 Å². The molecular formula is C9H15Ti-3. The maximum Gasteiger partial charge on any atom is 0 e. The molecule has 0 radical (unpaired) electrons. The van der Waals surface area contributed by atoms with Crippen molar-refractivity contribution in [2.75, 3.05) is 0 Å². The molecule has 1 aliphatic carbocycles. The Hall–Kier alpha value is 0.194. The summed E-state index contributed by atoms with van der Waals surface area (Å²) >= 11 is 0. The summed E-state index contributed by atoms with van der Waals surface area (Å²) in [6.45, 7) is 8.67. The molecule has 10 heavy (non-hydrogen) atoms. The van der Waals surface area contributed by atoms with Crippen molar-refractivity contribution in [1.82, 2.24) is 0 Å². The van der Waals surface area contributed by atoms with Gasteiger partial charge < -0.3 is 2.85 Å². The Labute approximate surface area is 81.2 Å². The van der Waals surface area contributed by atoms with E-state index in [-0.39, 0.29) is 24.6 Å². The van der Waals surface area contributed by atoms with Crippen LogP contribution in [0.1, 0.15) is 30.5 Å². The predicted molar refractivity (Wildman–Crippen MR) is 42.2 cm³/mol. The molecule has 1 unspecified atom stereocenters. The monoisotopic (exact) mass is 171 g/mol. The molecule has 1 heteroatoms. The molecule has 58 valence electrons. The van der Waals surface area contributed by atoms with Gasteiger partial charge in [0.25, 0.3) is 0 Å². The van der Waals surface area contributed by atoms with Gasteiger partial charge in [0.1, 0.15) is 0 Å². The smallest absolute Gasteiger partial charge is 0 e. The van der Waals surface area contributed by atoms with E-state index in [0.717, 1.165) is 0 Å². The maximum absolute atomic E-state index is 3.36. The molecule has 0 saturated heterocycles. The second-order valence-corrected chi connectivity index (χ2v) is 2.80. The molecule has 0 aromatic rings. The minimum atomic E-state index is 0. The van der Waals surface area contributed by atoms with E-state index in [4.69, 9.17) is 0 Å². The van der Waals surface area contributed by atoms with E-state index in [1.54, 1.807) is 0 Å². The summed E-state index contributed by atoms with van der Waals surface area (Å²) in [7, 11) is 0. The molecule has 0 aromatic heterocycles. The Bertz CT molecular complexity index is 195. The summed E-state index contributed by atoms with van der Waals surface area (Å²) in [6.07, 6.45) is 3.36. The maximum atomic E-state index is 3.36. The van der Waals surface area contributed by atoms with Crippen LogP contribution in [-0.4, -0.2) is 0 Å². The summed E-state index contributed by atoms with van der Waals surface area (Å²) in [4.78, 5) is 0. The second kappa shape index (κ2) is 3.55. The van der Waals surface area contributed by atoms with Gasteiger partial charge in [-0.2, -0.15) is 11.1 Å². The number of hydrogen-bond acceptors (Lipinski definition) is 0.